The Hall–Kier alpha value is -2.12. The number of halogens is 1. The smallest absolute Gasteiger partial charge is 0.325 e. The number of aryl methyl sites for hydroxylation is 1. The van der Waals surface area contributed by atoms with Crippen LogP contribution >= 0.6 is 12.4 Å². The van der Waals surface area contributed by atoms with Gasteiger partial charge in [0, 0.05) is 12.7 Å². The lowest BCUT2D eigenvalue weighted by Crippen LogP contribution is -2.32. The summed E-state index contributed by atoms with van der Waals surface area (Å²) in [5.74, 6) is -0.261. The van der Waals surface area contributed by atoms with Gasteiger partial charge in [0.05, 0.1) is 11.7 Å². The number of hydrogen-bond donors (Lipinski definition) is 2. The molecule has 0 aliphatic rings. The summed E-state index contributed by atoms with van der Waals surface area (Å²) in [6.45, 7) is 1.61. The number of rotatable bonds is 3. The molecule has 0 saturated heterocycles. The molecule has 1 aromatic heterocycles. The normalized spacial score (nSPS) is 11.6. The minimum atomic E-state index is -0.571. The molecule has 0 radical (unpaired) electrons. The third-order valence-electron chi connectivity index (χ3n) is 2.62. The van der Waals surface area contributed by atoms with Gasteiger partial charge in [-0.1, -0.05) is 0 Å². The molecule has 1 atom stereocenters. The van der Waals surface area contributed by atoms with Crippen molar-refractivity contribution in [3.8, 4) is 5.69 Å². The fourth-order valence-electron chi connectivity index (χ4n) is 1.50. The summed E-state index contributed by atoms with van der Waals surface area (Å²) in [6.07, 6.45) is 1.44. The molecule has 2 aromatic rings. The largest absolute Gasteiger partial charge is 0.350 e. The van der Waals surface area contributed by atoms with Crippen LogP contribution in [0.2, 0.25) is 0 Å². The summed E-state index contributed by atoms with van der Waals surface area (Å²) < 4.78 is 2.66. The number of hydrogen-bond acceptors (Lipinski definition) is 4. The molecule has 0 saturated carbocycles. The van der Waals surface area contributed by atoms with Crippen molar-refractivity contribution in [3.05, 3.63) is 41.1 Å². The van der Waals surface area contributed by atoms with Crippen molar-refractivity contribution in [1.29, 1.82) is 0 Å². The van der Waals surface area contributed by atoms with Crippen molar-refractivity contribution >= 4 is 24.0 Å². The molecule has 0 spiro atoms. The summed E-state index contributed by atoms with van der Waals surface area (Å²) in [7, 11) is 1.63. The van der Waals surface area contributed by atoms with E-state index < -0.39 is 6.04 Å². The van der Waals surface area contributed by atoms with Crippen molar-refractivity contribution in [2.24, 2.45) is 12.8 Å². The van der Waals surface area contributed by atoms with Crippen molar-refractivity contribution < 1.29 is 4.79 Å². The van der Waals surface area contributed by atoms with Gasteiger partial charge in [0.2, 0.25) is 5.91 Å². The lowest BCUT2D eigenvalue weighted by Gasteiger charge is -2.08. The van der Waals surface area contributed by atoms with Crippen LogP contribution in [0.3, 0.4) is 0 Å². The third-order valence-corrected chi connectivity index (χ3v) is 2.62. The number of carbonyl (C=O) groups excluding carboxylic acids is 1. The van der Waals surface area contributed by atoms with Crippen LogP contribution in [0, 0.1) is 0 Å². The van der Waals surface area contributed by atoms with Crippen LogP contribution in [0.25, 0.3) is 5.69 Å². The Kier molecular flexibility index (Phi) is 5.06. The first-order valence-electron chi connectivity index (χ1n) is 5.76. The molecule has 0 aliphatic heterocycles. The van der Waals surface area contributed by atoms with Crippen LogP contribution in [-0.2, 0) is 11.8 Å². The van der Waals surface area contributed by atoms with E-state index in [1.807, 2.05) is 0 Å². The van der Waals surface area contributed by atoms with E-state index in [2.05, 4.69) is 10.4 Å². The lowest BCUT2D eigenvalue weighted by atomic mass is 10.2. The first-order valence-corrected chi connectivity index (χ1v) is 5.76. The predicted octanol–water partition coefficient (Wildman–Crippen LogP) is 0.278. The highest BCUT2D eigenvalue weighted by Crippen LogP contribution is 2.11. The second-order valence-electron chi connectivity index (χ2n) is 4.26. The Morgan fingerprint density at radius 2 is 1.95 bits per heavy atom. The van der Waals surface area contributed by atoms with Crippen LogP contribution in [0.1, 0.15) is 6.92 Å². The average molecular weight is 298 g/mol. The molecular formula is C12H16ClN5O2. The Morgan fingerprint density at radius 3 is 2.40 bits per heavy atom. The van der Waals surface area contributed by atoms with Gasteiger partial charge in [0.15, 0.2) is 0 Å². The fraction of sp³-hybridized carbons (Fsp3) is 0.250. The Labute approximate surface area is 121 Å². The van der Waals surface area contributed by atoms with Crippen molar-refractivity contribution in [2.75, 3.05) is 5.32 Å². The van der Waals surface area contributed by atoms with E-state index in [0.29, 0.717) is 11.4 Å². The van der Waals surface area contributed by atoms with E-state index in [-0.39, 0.29) is 24.0 Å². The van der Waals surface area contributed by atoms with Gasteiger partial charge >= 0.3 is 5.69 Å². The fourth-order valence-corrected chi connectivity index (χ4v) is 1.50. The molecule has 0 fully saturated rings. The number of nitrogens with zero attached hydrogens (tertiary/aromatic N) is 3. The minimum Gasteiger partial charge on any atom is -0.325 e. The number of aromatic nitrogens is 3. The van der Waals surface area contributed by atoms with Gasteiger partial charge in [-0.25, -0.2) is 4.79 Å². The molecule has 20 heavy (non-hydrogen) atoms. The Bertz CT molecular complexity index is 645. The van der Waals surface area contributed by atoms with Crippen LogP contribution in [0.5, 0.6) is 0 Å². The van der Waals surface area contributed by atoms with Crippen molar-refractivity contribution in [1.82, 2.24) is 14.3 Å². The van der Waals surface area contributed by atoms with E-state index >= 15 is 0 Å². The molecule has 3 N–H and O–H groups in total. The van der Waals surface area contributed by atoms with Gasteiger partial charge in [-0.15, -0.1) is 12.4 Å². The molecule has 1 heterocycles. The van der Waals surface area contributed by atoms with Crippen molar-refractivity contribution in [3.63, 3.8) is 0 Å². The highest BCUT2D eigenvalue weighted by molar-refractivity contribution is 5.94. The van der Waals surface area contributed by atoms with Crippen molar-refractivity contribution in [2.45, 2.75) is 13.0 Å². The molecule has 7 nitrogen and oxygen atoms in total. The maximum atomic E-state index is 11.7. The van der Waals surface area contributed by atoms with Gasteiger partial charge in [-0.3, -0.25) is 9.36 Å². The molecule has 8 heteroatoms. The van der Waals surface area contributed by atoms with E-state index in [4.69, 9.17) is 5.73 Å². The first-order chi connectivity index (χ1) is 8.99. The van der Waals surface area contributed by atoms with E-state index in [9.17, 15) is 9.59 Å². The number of amides is 1. The topological polar surface area (TPSA) is 94.9 Å². The zero-order chi connectivity index (χ0) is 14.0. The van der Waals surface area contributed by atoms with Gasteiger partial charge in [-0.05, 0) is 31.2 Å². The average Bonchev–Trinajstić information content (AvgIpc) is 2.71. The Morgan fingerprint density at radius 1 is 1.35 bits per heavy atom. The molecule has 0 unspecified atom stereocenters. The maximum absolute atomic E-state index is 11.7. The predicted molar refractivity (Wildman–Crippen MR) is 78.3 cm³/mol. The molecule has 1 aromatic carbocycles. The third kappa shape index (κ3) is 3.25. The van der Waals surface area contributed by atoms with Gasteiger partial charge in [-0.2, -0.15) is 9.78 Å². The zero-order valence-electron chi connectivity index (χ0n) is 11.1. The van der Waals surface area contributed by atoms with E-state index in [1.165, 1.54) is 15.6 Å². The number of nitrogens with one attached hydrogen (secondary N) is 1. The van der Waals surface area contributed by atoms with Crippen LogP contribution in [0.15, 0.2) is 35.4 Å². The number of nitrogens with two attached hydrogens (primary N) is 1. The van der Waals surface area contributed by atoms with Crippen LogP contribution in [0.4, 0.5) is 5.69 Å². The molecule has 2 rings (SSSR count). The number of carbonyl (C=O) groups is 1. The minimum absolute atomic E-state index is 0. The number of benzene rings is 1. The first kappa shape index (κ1) is 15.9. The second-order valence-corrected chi connectivity index (χ2v) is 4.26. The van der Waals surface area contributed by atoms with Gasteiger partial charge < -0.3 is 11.1 Å². The zero-order valence-corrected chi connectivity index (χ0v) is 11.9. The monoisotopic (exact) mass is 297 g/mol. The van der Waals surface area contributed by atoms with E-state index in [0.717, 1.165) is 0 Å². The SMILES string of the molecule is C[C@@H](N)C(=O)Nc1ccc(-n2ncn(C)c2=O)cc1.Cl. The van der Waals surface area contributed by atoms with Gasteiger partial charge in [0.25, 0.3) is 0 Å². The molecule has 0 aliphatic carbocycles. The quantitative estimate of drug-likeness (QED) is 0.850. The standard InChI is InChI=1S/C12H15N5O2.ClH/c1-8(13)11(18)15-9-3-5-10(6-4-9)17-12(19)16(2)7-14-17;/h3-8H,13H2,1-2H3,(H,15,18);1H/t8-;/m1./s1. The molecule has 0 bridgehead atoms. The lowest BCUT2D eigenvalue weighted by molar-refractivity contribution is -0.117. The highest BCUT2D eigenvalue weighted by Gasteiger charge is 2.08. The van der Waals surface area contributed by atoms with Gasteiger partial charge in [0.1, 0.15) is 6.33 Å². The summed E-state index contributed by atoms with van der Waals surface area (Å²) in [5.41, 5.74) is 6.48. The second kappa shape index (κ2) is 6.36. The Balaban J connectivity index is 0.00000200. The van der Waals surface area contributed by atoms with E-state index in [1.54, 1.807) is 38.2 Å². The number of anilines is 1. The summed E-state index contributed by atoms with van der Waals surface area (Å²) in [5, 5.41) is 6.63. The maximum Gasteiger partial charge on any atom is 0.350 e. The van der Waals surface area contributed by atoms with Crippen LogP contribution in [-0.4, -0.2) is 26.3 Å². The molecule has 108 valence electrons. The summed E-state index contributed by atoms with van der Waals surface area (Å²) in [4.78, 5) is 23.1. The molecule has 1 amide bonds. The summed E-state index contributed by atoms with van der Waals surface area (Å²) in [6, 6.07) is 6.21. The van der Waals surface area contributed by atoms with Crippen LogP contribution < -0.4 is 16.7 Å². The summed E-state index contributed by atoms with van der Waals surface area (Å²) >= 11 is 0. The molecular weight excluding hydrogens is 282 g/mol. The highest BCUT2D eigenvalue weighted by atomic mass is 35.5.